The number of aryl methyl sites for hydroxylation is 1. The first-order valence-corrected chi connectivity index (χ1v) is 4.48. The van der Waals surface area contributed by atoms with Crippen molar-refractivity contribution < 1.29 is 4.39 Å². The number of hydrogen-bond acceptors (Lipinski definition) is 2. The summed E-state index contributed by atoms with van der Waals surface area (Å²) in [6, 6.07) is 5.82. The Labute approximate surface area is 85.8 Å². The van der Waals surface area contributed by atoms with Gasteiger partial charge in [0.15, 0.2) is 0 Å². The second kappa shape index (κ2) is 3.65. The summed E-state index contributed by atoms with van der Waals surface area (Å²) in [6.45, 7) is 1.85. The van der Waals surface area contributed by atoms with Crippen LogP contribution in [0.25, 0.3) is 5.69 Å². The Morgan fingerprint density at radius 1 is 1.27 bits per heavy atom. The predicted molar refractivity (Wildman–Crippen MR) is 54.5 cm³/mol. The lowest BCUT2D eigenvalue weighted by Crippen LogP contribution is -2.16. The first kappa shape index (κ1) is 9.58. The van der Waals surface area contributed by atoms with Crippen LogP contribution in [-0.4, -0.2) is 9.55 Å². The quantitative estimate of drug-likeness (QED) is 0.708. The van der Waals surface area contributed by atoms with Gasteiger partial charge in [-0.2, -0.15) is 0 Å². The molecule has 0 saturated heterocycles. The lowest BCUT2D eigenvalue weighted by molar-refractivity contribution is 0.612. The van der Waals surface area contributed by atoms with E-state index in [2.05, 4.69) is 4.98 Å². The van der Waals surface area contributed by atoms with E-state index < -0.39 is 5.82 Å². The average Bonchev–Trinajstić information content (AvgIpc) is 2.23. The normalized spacial score (nSPS) is 10.3. The number of nitrogens with zero attached hydrogens (tertiary/aromatic N) is 2. The third-order valence-electron chi connectivity index (χ3n) is 2.05. The highest BCUT2D eigenvalue weighted by molar-refractivity contribution is 5.29. The van der Waals surface area contributed by atoms with Crippen LogP contribution in [-0.2, 0) is 0 Å². The molecule has 3 nitrogen and oxygen atoms in total. The number of hydrogen-bond donors (Lipinski definition) is 0. The summed E-state index contributed by atoms with van der Waals surface area (Å²) in [5.41, 5.74) is 1.13. The zero-order valence-electron chi connectivity index (χ0n) is 8.14. The van der Waals surface area contributed by atoms with Crippen molar-refractivity contribution in [3.63, 3.8) is 0 Å². The summed E-state index contributed by atoms with van der Waals surface area (Å²) in [4.78, 5) is 15.5. The van der Waals surface area contributed by atoms with Crippen molar-refractivity contribution in [2.24, 2.45) is 0 Å². The highest BCUT2D eigenvalue weighted by atomic mass is 19.1. The fourth-order valence-electron chi connectivity index (χ4n) is 1.27. The van der Waals surface area contributed by atoms with E-state index in [1.807, 2.05) is 6.92 Å². The molecule has 76 valence electrons. The Morgan fingerprint density at radius 2 is 2.07 bits per heavy atom. The van der Waals surface area contributed by atoms with Crippen molar-refractivity contribution in [1.82, 2.24) is 9.55 Å². The molecule has 4 heteroatoms. The molecule has 0 aromatic carbocycles. The molecule has 15 heavy (non-hydrogen) atoms. The van der Waals surface area contributed by atoms with Gasteiger partial charge in [-0.25, -0.2) is 4.39 Å². The number of pyridine rings is 2. The summed E-state index contributed by atoms with van der Waals surface area (Å²) >= 11 is 0. The molecule has 0 aliphatic heterocycles. The van der Waals surface area contributed by atoms with E-state index in [9.17, 15) is 9.18 Å². The summed E-state index contributed by atoms with van der Waals surface area (Å²) < 4.78 is 14.2. The van der Waals surface area contributed by atoms with Crippen molar-refractivity contribution >= 4 is 0 Å². The molecular weight excluding hydrogens is 195 g/mol. The largest absolute Gasteiger partial charge is 0.280 e. The van der Waals surface area contributed by atoms with Crippen molar-refractivity contribution in [2.75, 3.05) is 0 Å². The molecule has 0 atom stereocenters. The fourth-order valence-corrected chi connectivity index (χ4v) is 1.27. The second-order valence-electron chi connectivity index (χ2n) is 3.21. The third-order valence-corrected chi connectivity index (χ3v) is 2.05. The summed E-state index contributed by atoms with van der Waals surface area (Å²) in [5.74, 6) is -0.449. The van der Waals surface area contributed by atoms with Gasteiger partial charge in [-0.3, -0.25) is 14.3 Å². The molecule has 0 saturated carbocycles. The first-order chi connectivity index (χ1) is 7.16. The molecule has 2 rings (SSSR count). The second-order valence-corrected chi connectivity index (χ2v) is 3.21. The van der Waals surface area contributed by atoms with Gasteiger partial charge in [-0.15, -0.1) is 0 Å². The highest BCUT2D eigenvalue weighted by Gasteiger charge is 2.00. The topological polar surface area (TPSA) is 34.9 Å². The van der Waals surface area contributed by atoms with Crippen molar-refractivity contribution in [2.45, 2.75) is 6.92 Å². The van der Waals surface area contributed by atoms with Crippen LogP contribution in [0.5, 0.6) is 0 Å². The summed E-state index contributed by atoms with van der Waals surface area (Å²) in [6.07, 6.45) is 2.69. The van der Waals surface area contributed by atoms with E-state index in [-0.39, 0.29) is 5.56 Å². The van der Waals surface area contributed by atoms with E-state index in [1.165, 1.54) is 16.8 Å². The van der Waals surface area contributed by atoms with Gasteiger partial charge in [0.2, 0.25) is 0 Å². The van der Waals surface area contributed by atoms with Gasteiger partial charge in [0, 0.05) is 18.0 Å². The molecule has 2 aromatic heterocycles. The number of aromatic nitrogens is 2. The third kappa shape index (κ3) is 1.93. The monoisotopic (exact) mass is 204 g/mol. The number of rotatable bonds is 1. The molecule has 0 radical (unpaired) electrons. The summed E-state index contributed by atoms with van der Waals surface area (Å²) in [7, 11) is 0. The molecule has 0 fully saturated rings. The van der Waals surface area contributed by atoms with Gasteiger partial charge >= 0.3 is 0 Å². The van der Waals surface area contributed by atoms with Crippen molar-refractivity contribution in [3.05, 3.63) is 58.5 Å². The molecule has 0 unspecified atom stereocenters. The van der Waals surface area contributed by atoms with Gasteiger partial charge in [0.1, 0.15) is 5.82 Å². The van der Waals surface area contributed by atoms with Gasteiger partial charge < -0.3 is 0 Å². The lowest BCUT2D eigenvalue weighted by atomic mass is 10.3. The van der Waals surface area contributed by atoms with Crippen LogP contribution in [0.15, 0.2) is 41.5 Å². The molecule has 2 aromatic rings. The smallest absolute Gasteiger partial charge is 0.255 e. The van der Waals surface area contributed by atoms with Crippen LogP contribution in [0.2, 0.25) is 0 Å². The standard InChI is InChI=1S/C11H9FN2O/c1-8-2-4-10(6-13-8)14-7-9(12)3-5-11(14)15/h2-7H,1H3. The van der Waals surface area contributed by atoms with Crippen LogP contribution in [0.3, 0.4) is 0 Å². The van der Waals surface area contributed by atoms with Crippen LogP contribution < -0.4 is 5.56 Å². The Hall–Kier alpha value is -1.97. The van der Waals surface area contributed by atoms with Gasteiger partial charge in [0.05, 0.1) is 11.9 Å². The maximum Gasteiger partial charge on any atom is 0.255 e. The van der Waals surface area contributed by atoms with Crippen LogP contribution >= 0.6 is 0 Å². The molecule has 0 spiro atoms. The molecule has 0 aliphatic rings. The van der Waals surface area contributed by atoms with E-state index in [4.69, 9.17) is 0 Å². The predicted octanol–water partition coefficient (Wildman–Crippen LogP) is 1.68. The maximum atomic E-state index is 12.9. The molecular formula is C11H9FN2O. The molecule has 0 N–H and O–H groups in total. The minimum atomic E-state index is -0.449. The van der Waals surface area contributed by atoms with Gasteiger partial charge in [-0.1, -0.05) is 0 Å². The van der Waals surface area contributed by atoms with E-state index in [0.29, 0.717) is 5.69 Å². The maximum absolute atomic E-state index is 12.9. The summed E-state index contributed by atoms with van der Waals surface area (Å²) in [5, 5.41) is 0. The Balaban J connectivity index is 2.58. The van der Waals surface area contributed by atoms with Crippen molar-refractivity contribution in [1.29, 1.82) is 0 Å². The zero-order chi connectivity index (χ0) is 10.8. The van der Waals surface area contributed by atoms with Gasteiger partial charge in [-0.05, 0) is 25.1 Å². The fraction of sp³-hybridized carbons (Fsp3) is 0.0909. The lowest BCUT2D eigenvalue weighted by Gasteiger charge is -2.04. The first-order valence-electron chi connectivity index (χ1n) is 4.48. The molecule has 0 aliphatic carbocycles. The highest BCUT2D eigenvalue weighted by Crippen LogP contribution is 2.04. The molecule has 0 amide bonds. The van der Waals surface area contributed by atoms with Crippen LogP contribution in [0.4, 0.5) is 4.39 Å². The minimum absolute atomic E-state index is 0.276. The van der Waals surface area contributed by atoms with Crippen LogP contribution in [0.1, 0.15) is 5.69 Å². The number of halogens is 1. The Kier molecular flexibility index (Phi) is 2.33. The van der Waals surface area contributed by atoms with E-state index in [1.54, 1.807) is 12.1 Å². The van der Waals surface area contributed by atoms with E-state index >= 15 is 0 Å². The van der Waals surface area contributed by atoms with E-state index in [0.717, 1.165) is 18.0 Å². The molecule has 2 heterocycles. The Bertz CT molecular complexity index is 531. The SMILES string of the molecule is Cc1ccc(-n2cc(F)ccc2=O)cn1. The van der Waals surface area contributed by atoms with Crippen molar-refractivity contribution in [3.8, 4) is 5.69 Å². The average molecular weight is 204 g/mol. The van der Waals surface area contributed by atoms with Gasteiger partial charge in [0.25, 0.3) is 5.56 Å². The zero-order valence-corrected chi connectivity index (χ0v) is 8.14. The van der Waals surface area contributed by atoms with Crippen LogP contribution in [0, 0.1) is 12.7 Å². The minimum Gasteiger partial charge on any atom is -0.280 e. The molecule has 0 bridgehead atoms. The Morgan fingerprint density at radius 3 is 2.73 bits per heavy atom.